The van der Waals surface area contributed by atoms with E-state index < -0.39 is 24.5 Å². The Labute approximate surface area is 195 Å². The van der Waals surface area contributed by atoms with Crippen LogP contribution in [0.15, 0.2) is 71.4 Å². The number of amides is 2. The molecule has 0 radical (unpaired) electrons. The van der Waals surface area contributed by atoms with E-state index in [1.807, 2.05) is 25.2 Å². The molecule has 0 fully saturated rings. The Bertz CT molecular complexity index is 982. The lowest BCUT2D eigenvalue weighted by Gasteiger charge is -2.32. The molecule has 0 saturated heterocycles. The van der Waals surface area contributed by atoms with Crippen molar-refractivity contribution in [2.45, 2.75) is 59.9 Å². The second kappa shape index (κ2) is 12.1. The van der Waals surface area contributed by atoms with Crippen molar-refractivity contribution in [2.75, 3.05) is 12.0 Å². The fourth-order valence-electron chi connectivity index (χ4n) is 3.76. The Balaban J connectivity index is 1.93. The van der Waals surface area contributed by atoms with E-state index in [-0.39, 0.29) is 5.41 Å². The van der Waals surface area contributed by atoms with Crippen LogP contribution in [0.3, 0.4) is 0 Å². The van der Waals surface area contributed by atoms with Gasteiger partial charge in [-0.05, 0) is 56.6 Å². The average Bonchev–Trinajstić information content (AvgIpc) is 3.24. The van der Waals surface area contributed by atoms with Crippen LogP contribution in [0.2, 0.25) is 0 Å². The number of aliphatic hydroxyl groups excluding tert-OH is 1. The van der Waals surface area contributed by atoms with Gasteiger partial charge in [0, 0.05) is 6.08 Å². The number of nitrogens with zero attached hydrogens (tertiary/aromatic N) is 3. The van der Waals surface area contributed by atoms with Crippen molar-refractivity contribution in [3.63, 3.8) is 0 Å². The number of allylic oxidation sites excluding steroid dienone is 9. The highest BCUT2D eigenvalue weighted by molar-refractivity contribution is 5.96. The zero-order chi connectivity index (χ0) is 24.4. The fraction of sp³-hybridized carbons (Fsp3) is 0.440. The summed E-state index contributed by atoms with van der Waals surface area (Å²) in [6.45, 7) is 10.1. The van der Waals surface area contributed by atoms with Gasteiger partial charge in [0.1, 0.15) is 18.7 Å². The molecule has 0 bridgehead atoms. The first-order chi connectivity index (χ1) is 15.6. The van der Waals surface area contributed by atoms with Crippen LogP contribution in [0.4, 0.5) is 0 Å². The van der Waals surface area contributed by atoms with E-state index in [1.165, 1.54) is 47.4 Å². The molecule has 0 aromatic carbocycles. The van der Waals surface area contributed by atoms with E-state index in [0.29, 0.717) is 5.57 Å². The number of carbonyl (C=O) groups excluding carboxylic acids is 2. The van der Waals surface area contributed by atoms with Crippen molar-refractivity contribution in [3.05, 3.63) is 71.4 Å². The van der Waals surface area contributed by atoms with Gasteiger partial charge in [0.2, 0.25) is 5.91 Å². The minimum atomic E-state index is -1.10. The van der Waals surface area contributed by atoms with Crippen molar-refractivity contribution in [1.29, 1.82) is 0 Å². The number of aliphatic hydroxyl groups is 1. The van der Waals surface area contributed by atoms with Gasteiger partial charge in [0.25, 0.3) is 5.91 Å². The predicted octanol–water partition coefficient (Wildman–Crippen LogP) is 3.36. The van der Waals surface area contributed by atoms with Gasteiger partial charge < -0.3 is 10.4 Å². The summed E-state index contributed by atoms with van der Waals surface area (Å²) in [5.41, 5.74) is 7.36. The Hall–Kier alpha value is -3.26. The van der Waals surface area contributed by atoms with Crippen molar-refractivity contribution < 1.29 is 14.7 Å². The molecule has 178 valence electrons. The summed E-state index contributed by atoms with van der Waals surface area (Å²) in [7, 11) is 0. The summed E-state index contributed by atoms with van der Waals surface area (Å²) < 4.78 is 1.23. The summed E-state index contributed by atoms with van der Waals surface area (Å²) in [4.78, 5) is 24.4. The minimum Gasteiger partial charge on any atom is -0.394 e. The monoisotopic (exact) mass is 453 g/mol. The van der Waals surface area contributed by atoms with Crippen LogP contribution in [-0.2, 0) is 9.59 Å². The lowest BCUT2D eigenvalue weighted by molar-refractivity contribution is -0.125. The van der Waals surface area contributed by atoms with Crippen LogP contribution in [0.25, 0.3) is 0 Å². The largest absolute Gasteiger partial charge is 0.394 e. The average molecular weight is 454 g/mol. The molecule has 1 aromatic rings. The van der Waals surface area contributed by atoms with Gasteiger partial charge in [-0.15, -0.1) is 10.2 Å². The van der Waals surface area contributed by atoms with Crippen molar-refractivity contribution in [2.24, 2.45) is 5.41 Å². The molecule has 2 amide bonds. The molecule has 33 heavy (non-hydrogen) atoms. The van der Waals surface area contributed by atoms with E-state index in [1.54, 1.807) is 6.92 Å². The Morgan fingerprint density at radius 2 is 1.91 bits per heavy atom. The molecule has 3 N–H and O–H groups in total. The SMILES string of the molecule is CC(C=CC1=C(C)CCCC1(C)C)=CC=CC(C)=CC(=O)NC(CO)C(=O)Nn1cnnc1. The molecule has 1 atom stereocenters. The first kappa shape index (κ1) is 26.0. The molecule has 1 aliphatic rings. The van der Waals surface area contributed by atoms with Gasteiger partial charge in [-0.3, -0.25) is 15.0 Å². The van der Waals surface area contributed by atoms with E-state index in [4.69, 9.17) is 0 Å². The zero-order valence-electron chi connectivity index (χ0n) is 20.1. The first-order valence-electron chi connectivity index (χ1n) is 11.1. The highest BCUT2D eigenvalue weighted by Gasteiger charge is 2.26. The maximum absolute atomic E-state index is 12.2. The normalized spacial score (nSPS) is 18.1. The summed E-state index contributed by atoms with van der Waals surface area (Å²) in [6, 6.07) is -1.10. The van der Waals surface area contributed by atoms with Crippen molar-refractivity contribution >= 4 is 11.8 Å². The van der Waals surface area contributed by atoms with Gasteiger partial charge in [0.15, 0.2) is 0 Å². The molecular formula is C25H35N5O3. The second-order valence-corrected chi connectivity index (χ2v) is 9.01. The Morgan fingerprint density at radius 1 is 1.21 bits per heavy atom. The third-order valence-corrected chi connectivity index (χ3v) is 5.61. The number of aromatic nitrogens is 3. The first-order valence-corrected chi connectivity index (χ1v) is 11.1. The van der Waals surface area contributed by atoms with E-state index in [2.05, 4.69) is 53.9 Å². The topological polar surface area (TPSA) is 109 Å². The fourth-order valence-corrected chi connectivity index (χ4v) is 3.76. The quantitative estimate of drug-likeness (QED) is 0.392. The van der Waals surface area contributed by atoms with Crippen LogP contribution in [-0.4, -0.2) is 44.4 Å². The van der Waals surface area contributed by atoms with Gasteiger partial charge >= 0.3 is 0 Å². The van der Waals surface area contributed by atoms with Gasteiger partial charge in [-0.1, -0.05) is 55.4 Å². The maximum Gasteiger partial charge on any atom is 0.263 e. The molecule has 1 heterocycles. The van der Waals surface area contributed by atoms with Crippen LogP contribution in [0, 0.1) is 5.41 Å². The molecule has 1 aromatic heterocycles. The van der Waals surface area contributed by atoms with Crippen LogP contribution < -0.4 is 10.7 Å². The van der Waals surface area contributed by atoms with Gasteiger partial charge in [-0.2, -0.15) is 0 Å². The highest BCUT2D eigenvalue weighted by atomic mass is 16.3. The number of rotatable bonds is 9. The van der Waals surface area contributed by atoms with E-state index in [9.17, 15) is 14.7 Å². The zero-order valence-corrected chi connectivity index (χ0v) is 20.1. The summed E-state index contributed by atoms with van der Waals surface area (Å²) in [5, 5.41) is 19.0. The van der Waals surface area contributed by atoms with Crippen LogP contribution in [0.5, 0.6) is 0 Å². The van der Waals surface area contributed by atoms with E-state index >= 15 is 0 Å². The van der Waals surface area contributed by atoms with Crippen LogP contribution in [0.1, 0.15) is 53.9 Å². The van der Waals surface area contributed by atoms with Gasteiger partial charge in [0.05, 0.1) is 6.61 Å². The number of hydrogen-bond donors (Lipinski definition) is 3. The molecule has 0 aliphatic heterocycles. The van der Waals surface area contributed by atoms with Crippen LogP contribution >= 0.6 is 0 Å². The Morgan fingerprint density at radius 3 is 2.55 bits per heavy atom. The van der Waals surface area contributed by atoms with Crippen molar-refractivity contribution in [1.82, 2.24) is 20.2 Å². The third kappa shape index (κ3) is 8.31. The van der Waals surface area contributed by atoms with Gasteiger partial charge in [-0.25, -0.2) is 4.68 Å². The lowest BCUT2D eigenvalue weighted by atomic mass is 9.72. The molecule has 8 heteroatoms. The predicted molar refractivity (Wildman–Crippen MR) is 130 cm³/mol. The number of carbonyl (C=O) groups is 2. The molecular weight excluding hydrogens is 418 g/mol. The summed E-state index contributed by atoms with van der Waals surface area (Å²) in [6.07, 6.45) is 17.6. The molecule has 1 unspecified atom stereocenters. The maximum atomic E-state index is 12.2. The number of hydrogen-bond acceptors (Lipinski definition) is 5. The lowest BCUT2D eigenvalue weighted by Crippen LogP contribution is -2.47. The number of nitrogens with one attached hydrogen (secondary N) is 2. The second-order valence-electron chi connectivity index (χ2n) is 9.01. The molecule has 2 rings (SSSR count). The highest BCUT2D eigenvalue weighted by Crippen LogP contribution is 2.40. The smallest absolute Gasteiger partial charge is 0.263 e. The summed E-state index contributed by atoms with van der Waals surface area (Å²) >= 11 is 0. The summed E-state index contributed by atoms with van der Waals surface area (Å²) in [5.74, 6) is -1.05. The Kier molecular flexibility index (Phi) is 9.54. The third-order valence-electron chi connectivity index (χ3n) is 5.61. The minimum absolute atomic E-state index is 0.209. The van der Waals surface area contributed by atoms with E-state index in [0.717, 1.165) is 12.0 Å². The molecule has 0 spiro atoms. The molecule has 0 saturated carbocycles. The molecule has 8 nitrogen and oxygen atoms in total. The van der Waals surface area contributed by atoms with Crippen molar-refractivity contribution in [3.8, 4) is 0 Å². The standard InChI is InChI=1S/C25H35N5O3/c1-18(11-12-21-20(3)10-7-13-25(21,4)5)8-6-9-19(2)14-23(32)28-22(15-31)24(33)29-30-16-26-27-17-30/h6,8-9,11-12,14,16-17,22,31H,7,10,13,15H2,1-5H3,(H,28,32)(H,29,33). The molecule has 1 aliphatic carbocycles.